The van der Waals surface area contributed by atoms with Gasteiger partial charge in [0.25, 0.3) is 0 Å². The maximum atomic E-state index is 14.4. The molecular weight excluding hydrogens is 488 g/mol. The molecule has 0 aliphatic heterocycles. The fraction of sp³-hybridized carbons (Fsp3) is 0.853. The van der Waals surface area contributed by atoms with E-state index >= 15 is 0 Å². The van der Waals surface area contributed by atoms with Crippen molar-refractivity contribution in [3.05, 3.63) is 0 Å². The van der Waals surface area contributed by atoms with E-state index in [2.05, 4.69) is 0 Å². The molecule has 218 valence electrons. The molecule has 5 heteroatoms. The van der Waals surface area contributed by atoms with Crippen LogP contribution in [0.5, 0.6) is 0 Å². The Bertz CT molecular complexity index is 1020. The predicted octanol–water partition coefficient (Wildman–Crippen LogP) is 7.12. The summed E-state index contributed by atoms with van der Waals surface area (Å²) in [6.07, 6.45) is 10.7. The van der Waals surface area contributed by atoms with E-state index in [1.807, 2.05) is 41.5 Å². The van der Waals surface area contributed by atoms with Crippen LogP contribution in [0.15, 0.2) is 0 Å². The lowest BCUT2D eigenvalue weighted by Gasteiger charge is -2.49. The number of hydrogen-bond donors (Lipinski definition) is 0. The Morgan fingerprint density at radius 2 is 1.36 bits per heavy atom. The molecule has 0 bridgehead atoms. The first-order valence-corrected chi connectivity index (χ1v) is 15.6. The fourth-order valence-corrected chi connectivity index (χ4v) is 8.33. The summed E-state index contributed by atoms with van der Waals surface area (Å²) < 4.78 is 0. The SMILES string of the molecule is CC(=O)C(=O)C(CC(=O)C1CC2(CCC23CC3)CC1C(=O)C(CC(=O)CC(C)(C)C)C(C)(C)C)CC1CCC1. The van der Waals surface area contributed by atoms with Gasteiger partial charge >= 0.3 is 0 Å². The molecule has 0 aromatic heterocycles. The first-order valence-electron chi connectivity index (χ1n) is 15.6. The Kier molecular flexibility index (Phi) is 8.27. The van der Waals surface area contributed by atoms with Gasteiger partial charge in [-0.1, -0.05) is 60.8 Å². The van der Waals surface area contributed by atoms with Crippen LogP contribution < -0.4 is 0 Å². The zero-order valence-electron chi connectivity index (χ0n) is 25.6. The molecule has 0 saturated heterocycles. The van der Waals surface area contributed by atoms with Crippen molar-refractivity contribution in [1.82, 2.24) is 0 Å². The molecule has 4 rings (SSSR count). The van der Waals surface area contributed by atoms with Gasteiger partial charge in [-0.3, -0.25) is 24.0 Å². The molecule has 4 aliphatic carbocycles. The molecule has 5 atom stereocenters. The summed E-state index contributed by atoms with van der Waals surface area (Å²) in [7, 11) is 0. The van der Waals surface area contributed by atoms with E-state index in [9.17, 15) is 24.0 Å². The molecule has 0 amide bonds. The molecule has 0 aromatic rings. The van der Waals surface area contributed by atoms with Gasteiger partial charge in [0.1, 0.15) is 17.3 Å². The van der Waals surface area contributed by atoms with Crippen LogP contribution in [0.3, 0.4) is 0 Å². The van der Waals surface area contributed by atoms with E-state index in [0.717, 1.165) is 38.5 Å². The van der Waals surface area contributed by atoms with Gasteiger partial charge in [-0.25, -0.2) is 0 Å². The highest BCUT2D eigenvalue weighted by Crippen LogP contribution is 2.78. The molecule has 5 unspecified atom stereocenters. The molecule has 0 radical (unpaired) electrons. The van der Waals surface area contributed by atoms with Crippen LogP contribution in [-0.4, -0.2) is 28.9 Å². The van der Waals surface area contributed by atoms with Crippen molar-refractivity contribution in [3.63, 3.8) is 0 Å². The highest BCUT2D eigenvalue weighted by Gasteiger charge is 2.69. The Balaban J connectivity index is 1.58. The van der Waals surface area contributed by atoms with E-state index in [0.29, 0.717) is 24.2 Å². The monoisotopic (exact) mass is 540 g/mol. The molecular formula is C34H52O5. The van der Waals surface area contributed by atoms with Crippen molar-refractivity contribution in [2.45, 2.75) is 132 Å². The van der Waals surface area contributed by atoms with Crippen LogP contribution in [0.4, 0.5) is 0 Å². The number of carbonyl (C=O) groups is 5. The molecule has 2 spiro atoms. The zero-order valence-corrected chi connectivity index (χ0v) is 25.6. The average molecular weight is 541 g/mol. The number of fused-ring (bicyclic) bond motifs is 1. The second-order valence-electron chi connectivity index (χ2n) is 16.3. The van der Waals surface area contributed by atoms with Crippen LogP contribution in [0, 0.1) is 51.2 Å². The summed E-state index contributed by atoms with van der Waals surface area (Å²) in [5.41, 5.74) is -0.163. The van der Waals surface area contributed by atoms with Gasteiger partial charge in [0.15, 0.2) is 5.78 Å². The van der Waals surface area contributed by atoms with E-state index in [4.69, 9.17) is 0 Å². The van der Waals surface area contributed by atoms with Crippen molar-refractivity contribution < 1.29 is 24.0 Å². The quantitative estimate of drug-likeness (QED) is 0.246. The second kappa shape index (κ2) is 10.6. The fourth-order valence-electron chi connectivity index (χ4n) is 8.33. The second-order valence-corrected chi connectivity index (χ2v) is 16.3. The Labute approximate surface area is 236 Å². The lowest BCUT2D eigenvalue weighted by Crippen LogP contribution is -2.41. The predicted molar refractivity (Wildman–Crippen MR) is 152 cm³/mol. The van der Waals surface area contributed by atoms with Crippen molar-refractivity contribution in [3.8, 4) is 0 Å². The van der Waals surface area contributed by atoms with Gasteiger partial charge in [0, 0.05) is 49.9 Å². The van der Waals surface area contributed by atoms with E-state index in [1.165, 1.54) is 26.2 Å². The van der Waals surface area contributed by atoms with Crippen molar-refractivity contribution in [1.29, 1.82) is 0 Å². The third kappa shape index (κ3) is 6.32. The standard InChI is InChI=1S/C34H52O5/c1-21(35)29(38)23(15-22-9-8-10-22)16-28(37)25-19-34(14-13-33(34)11-12-33)20-26(25)30(39)27(32(5,6)7)17-24(36)18-31(2,3)4/h22-23,25-27H,8-20H2,1-7H3. The summed E-state index contributed by atoms with van der Waals surface area (Å²) in [6, 6.07) is 0. The summed E-state index contributed by atoms with van der Waals surface area (Å²) in [5, 5.41) is 0. The van der Waals surface area contributed by atoms with Gasteiger partial charge in [0.05, 0.1) is 0 Å². The average Bonchev–Trinajstić information content (AvgIpc) is 3.50. The summed E-state index contributed by atoms with van der Waals surface area (Å²) in [6.45, 7) is 13.5. The first kappa shape index (κ1) is 30.3. The molecule has 4 saturated carbocycles. The van der Waals surface area contributed by atoms with Crippen LogP contribution in [0.1, 0.15) is 132 Å². The Morgan fingerprint density at radius 3 is 1.79 bits per heavy atom. The van der Waals surface area contributed by atoms with Crippen LogP contribution >= 0.6 is 0 Å². The third-order valence-electron chi connectivity index (χ3n) is 11.1. The molecule has 4 aliphatic rings. The minimum atomic E-state index is -0.560. The van der Waals surface area contributed by atoms with Crippen molar-refractivity contribution in [2.24, 2.45) is 51.2 Å². The topological polar surface area (TPSA) is 85.3 Å². The smallest absolute Gasteiger partial charge is 0.201 e. The number of rotatable bonds is 12. The summed E-state index contributed by atoms with van der Waals surface area (Å²) >= 11 is 0. The largest absolute Gasteiger partial charge is 0.300 e. The normalized spacial score (nSPS) is 29.4. The van der Waals surface area contributed by atoms with E-state index in [1.54, 1.807) is 0 Å². The molecule has 39 heavy (non-hydrogen) atoms. The van der Waals surface area contributed by atoms with Gasteiger partial charge in [-0.2, -0.15) is 0 Å². The highest BCUT2D eigenvalue weighted by atomic mass is 16.2. The number of hydrogen-bond acceptors (Lipinski definition) is 5. The maximum Gasteiger partial charge on any atom is 0.201 e. The van der Waals surface area contributed by atoms with Crippen molar-refractivity contribution in [2.75, 3.05) is 0 Å². The van der Waals surface area contributed by atoms with Gasteiger partial charge in [0.2, 0.25) is 5.78 Å². The number of carbonyl (C=O) groups excluding carboxylic acids is 5. The van der Waals surface area contributed by atoms with Crippen molar-refractivity contribution >= 4 is 28.9 Å². The van der Waals surface area contributed by atoms with Crippen LogP contribution in [-0.2, 0) is 24.0 Å². The first-order chi connectivity index (χ1) is 18.0. The highest BCUT2D eigenvalue weighted by molar-refractivity contribution is 6.37. The van der Waals surface area contributed by atoms with Gasteiger partial charge in [-0.15, -0.1) is 0 Å². The Morgan fingerprint density at radius 1 is 0.795 bits per heavy atom. The van der Waals surface area contributed by atoms with E-state index < -0.39 is 35.2 Å². The molecule has 0 heterocycles. The minimum absolute atomic E-state index is 0.000487. The third-order valence-corrected chi connectivity index (χ3v) is 11.1. The van der Waals surface area contributed by atoms with E-state index in [-0.39, 0.29) is 46.4 Å². The van der Waals surface area contributed by atoms with Crippen LogP contribution in [0.25, 0.3) is 0 Å². The summed E-state index contributed by atoms with van der Waals surface area (Å²) in [4.78, 5) is 66.5. The van der Waals surface area contributed by atoms with Crippen LogP contribution in [0.2, 0.25) is 0 Å². The lowest BCUT2D eigenvalue weighted by atomic mass is 9.55. The van der Waals surface area contributed by atoms with Gasteiger partial charge in [-0.05, 0) is 72.5 Å². The number of ketones is 5. The minimum Gasteiger partial charge on any atom is -0.300 e. The number of Topliss-reactive ketones (excluding diaryl/α,β-unsaturated/α-hetero) is 5. The maximum absolute atomic E-state index is 14.4. The Hall–Kier alpha value is -1.65. The zero-order chi connectivity index (χ0) is 29.0. The molecule has 5 nitrogen and oxygen atoms in total. The molecule has 4 fully saturated rings. The summed E-state index contributed by atoms with van der Waals surface area (Å²) in [5.74, 6) is -2.06. The lowest BCUT2D eigenvalue weighted by molar-refractivity contribution is -0.141. The van der Waals surface area contributed by atoms with Gasteiger partial charge < -0.3 is 0 Å². The molecule has 0 aromatic carbocycles. The molecule has 0 N–H and O–H groups in total.